The van der Waals surface area contributed by atoms with Crippen LogP contribution in [0.3, 0.4) is 0 Å². The van der Waals surface area contributed by atoms with Crippen molar-refractivity contribution >= 4 is 17.5 Å². The van der Waals surface area contributed by atoms with Crippen LogP contribution < -0.4 is 5.32 Å². The van der Waals surface area contributed by atoms with Crippen LogP contribution in [0.15, 0.2) is 48.5 Å². The third-order valence-electron chi connectivity index (χ3n) is 3.85. The van der Waals surface area contributed by atoms with Crippen LogP contribution in [0.4, 0.5) is 0 Å². The minimum absolute atomic E-state index is 0.214. The summed E-state index contributed by atoms with van der Waals surface area (Å²) < 4.78 is 0. The molecule has 0 atom stereocenters. The maximum Gasteiger partial charge on any atom is 0.252 e. The van der Waals surface area contributed by atoms with Gasteiger partial charge in [0.05, 0.1) is 16.2 Å². The first-order valence-corrected chi connectivity index (χ1v) is 7.27. The van der Waals surface area contributed by atoms with Gasteiger partial charge in [0.25, 0.3) is 5.91 Å². The van der Waals surface area contributed by atoms with Crippen LogP contribution in [0, 0.1) is 0 Å². The SMILES string of the molecule is O=C(NCC1(O)Cc2ccccc2C1)c1ccccc1Cl. The van der Waals surface area contributed by atoms with E-state index in [1.165, 1.54) is 0 Å². The van der Waals surface area contributed by atoms with E-state index in [4.69, 9.17) is 11.6 Å². The number of fused-ring (bicyclic) bond motifs is 1. The predicted octanol–water partition coefficient (Wildman–Crippen LogP) is 2.60. The Bertz CT molecular complexity index is 659. The van der Waals surface area contributed by atoms with Crippen LogP contribution in [0.2, 0.25) is 5.02 Å². The van der Waals surface area contributed by atoms with Gasteiger partial charge >= 0.3 is 0 Å². The lowest BCUT2D eigenvalue weighted by molar-refractivity contribution is 0.0480. The molecule has 3 rings (SSSR count). The number of hydrogen-bond acceptors (Lipinski definition) is 2. The third-order valence-corrected chi connectivity index (χ3v) is 4.18. The van der Waals surface area contributed by atoms with Crippen LogP contribution in [0.5, 0.6) is 0 Å². The maximum atomic E-state index is 12.1. The van der Waals surface area contributed by atoms with E-state index in [2.05, 4.69) is 5.32 Å². The molecule has 1 amide bonds. The van der Waals surface area contributed by atoms with E-state index in [9.17, 15) is 9.90 Å². The molecule has 0 unspecified atom stereocenters. The zero-order chi connectivity index (χ0) is 14.9. The molecule has 0 saturated heterocycles. The Balaban J connectivity index is 1.66. The van der Waals surface area contributed by atoms with Gasteiger partial charge in [-0.25, -0.2) is 0 Å². The van der Waals surface area contributed by atoms with Gasteiger partial charge in [-0.3, -0.25) is 4.79 Å². The molecule has 0 heterocycles. The molecule has 2 N–H and O–H groups in total. The molecule has 1 aliphatic carbocycles. The first-order chi connectivity index (χ1) is 10.1. The minimum atomic E-state index is -0.916. The lowest BCUT2D eigenvalue weighted by Gasteiger charge is -2.22. The fraction of sp³-hybridized carbons (Fsp3) is 0.235. The Morgan fingerprint density at radius 1 is 1.10 bits per heavy atom. The number of carbonyl (C=O) groups is 1. The zero-order valence-electron chi connectivity index (χ0n) is 11.5. The van der Waals surface area contributed by atoms with Gasteiger partial charge in [0.15, 0.2) is 0 Å². The average Bonchev–Trinajstić information content (AvgIpc) is 2.82. The van der Waals surface area contributed by atoms with Crippen molar-refractivity contribution in [2.45, 2.75) is 18.4 Å². The van der Waals surface area contributed by atoms with Crippen molar-refractivity contribution in [3.8, 4) is 0 Å². The Morgan fingerprint density at radius 3 is 2.29 bits per heavy atom. The molecule has 21 heavy (non-hydrogen) atoms. The zero-order valence-corrected chi connectivity index (χ0v) is 12.2. The van der Waals surface area contributed by atoms with E-state index in [1.807, 2.05) is 24.3 Å². The van der Waals surface area contributed by atoms with Crippen LogP contribution in [0.25, 0.3) is 0 Å². The fourth-order valence-corrected chi connectivity index (χ4v) is 3.01. The predicted molar refractivity (Wildman–Crippen MR) is 82.6 cm³/mol. The smallest absolute Gasteiger partial charge is 0.252 e. The van der Waals surface area contributed by atoms with Crippen LogP contribution in [0.1, 0.15) is 21.5 Å². The number of amides is 1. The number of benzene rings is 2. The van der Waals surface area contributed by atoms with Crippen LogP contribution in [-0.4, -0.2) is 23.2 Å². The molecule has 0 aliphatic heterocycles. The van der Waals surface area contributed by atoms with Crippen molar-refractivity contribution in [3.05, 3.63) is 70.2 Å². The van der Waals surface area contributed by atoms with Gasteiger partial charge in [-0.15, -0.1) is 0 Å². The molecule has 1 aliphatic rings. The molecule has 0 fully saturated rings. The van der Waals surface area contributed by atoms with Crippen molar-refractivity contribution < 1.29 is 9.90 Å². The van der Waals surface area contributed by atoms with Gasteiger partial charge in [0.1, 0.15) is 0 Å². The molecular formula is C17H16ClNO2. The Morgan fingerprint density at radius 2 is 1.67 bits per heavy atom. The molecule has 0 radical (unpaired) electrons. The fourth-order valence-electron chi connectivity index (χ4n) is 2.78. The van der Waals surface area contributed by atoms with Gasteiger partial charge < -0.3 is 10.4 Å². The highest BCUT2D eigenvalue weighted by Gasteiger charge is 2.35. The highest BCUT2D eigenvalue weighted by Crippen LogP contribution is 2.29. The summed E-state index contributed by atoms with van der Waals surface area (Å²) >= 11 is 6.00. The first-order valence-electron chi connectivity index (χ1n) is 6.89. The normalized spacial score (nSPS) is 15.5. The number of aliphatic hydroxyl groups is 1. The summed E-state index contributed by atoms with van der Waals surface area (Å²) in [7, 11) is 0. The Labute approximate surface area is 128 Å². The molecule has 0 aromatic heterocycles. The molecule has 3 nitrogen and oxygen atoms in total. The van der Waals surface area contributed by atoms with Crippen LogP contribution in [-0.2, 0) is 12.8 Å². The number of carbonyl (C=O) groups excluding carboxylic acids is 1. The molecule has 2 aromatic carbocycles. The van der Waals surface area contributed by atoms with Crippen molar-refractivity contribution in [2.75, 3.05) is 6.54 Å². The molecule has 0 bridgehead atoms. The summed E-state index contributed by atoms with van der Waals surface area (Å²) in [6.07, 6.45) is 1.12. The van der Waals surface area contributed by atoms with Gasteiger partial charge in [0, 0.05) is 19.4 Å². The van der Waals surface area contributed by atoms with E-state index in [1.54, 1.807) is 24.3 Å². The van der Waals surface area contributed by atoms with Gasteiger partial charge in [-0.2, -0.15) is 0 Å². The molecular weight excluding hydrogens is 286 g/mol. The third kappa shape index (κ3) is 2.94. The quantitative estimate of drug-likeness (QED) is 0.915. The standard InChI is InChI=1S/C17H16ClNO2/c18-15-8-4-3-7-14(15)16(20)19-11-17(21)9-12-5-1-2-6-13(12)10-17/h1-8,21H,9-11H2,(H,19,20). The molecule has 0 saturated carbocycles. The van der Waals surface area contributed by atoms with Gasteiger partial charge in [-0.1, -0.05) is 48.0 Å². The van der Waals surface area contributed by atoms with Crippen molar-refractivity contribution in [3.63, 3.8) is 0 Å². The summed E-state index contributed by atoms with van der Waals surface area (Å²) in [6, 6.07) is 14.9. The second kappa shape index (κ2) is 5.51. The summed E-state index contributed by atoms with van der Waals surface area (Å²) in [5.41, 5.74) is 1.80. The van der Waals surface area contributed by atoms with E-state index < -0.39 is 5.60 Å². The highest BCUT2D eigenvalue weighted by atomic mass is 35.5. The summed E-state index contributed by atoms with van der Waals surface area (Å²) in [5.74, 6) is -0.259. The van der Waals surface area contributed by atoms with Gasteiger partial charge in [-0.05, 0) is 23.3 Å². The summed E-state index contributed by atoms with van der Waals surface area (Å²) in [6.45, 7) is 0.214. The van der Waals surface area contributed by atoms with E-state index in [-0.39, 0.29) is 12.5 Å². The Hall–Kier alpha value is -1.84. The van der Waals surface area contributed by atoms with Gasteiger partial charge in [0.2, 0.25) is 0 Å². The average molecular weight is 302 g/mol. The highest BCUT2D eigenvalue weighted by molar-refractivity contribution is 6.33. The van der Waals surface area contributed by atoms with Crippen molar-refractivity contribution in [1.29, 1.82) is 0 Å². The first kappa shape index (κ1) is 14.1. The number of nitrogens with one attached hydrogen (secondary N) is 1. The maximum absolute atomic E-state index is 12.1. The monoisotopic (exact) mass is 301 g/mol. The number of rotatable bonds is 3. The molecule has 108 valence electrons. The summed E-state index contributed by atoms with van der Waals surface area (Å²) in [4.78, 5) is 12.1. The molecule has 0 spiro atoms. The topological polar surface area (TPSA) is 49.3 Å². The number of halogens is 1. The largest absolute Gasteiger partial charge is 0.387 e. The lowest BCUT2D eigenvalue weighted by atomic mass is 10.0. The second-order valence-electron chi connectivity index (χ2n) is 5.51. The summed E-state index contributed by atoms with van der Waals surface area (Å²) in [5, 5.41) is 13.8. The number of hydrogen-bond donors (Lipinski definition) is 2. The van der Waals surface area contributed by atoms with Crippen LogP contribution >= 0.6 is 11.6 Å². The lowest BCUT2D eigenvalue weighted by Crippen LogP contribution is -2.43. The second-order valence-corrected chi connectivity index (χ2v) is 5.92. The molecule has 2 aromatic rings. The van der Waals surface area contributed by atoms with Crippen molar-refractivity contribution in [2.24, 2.45) is 0 Å². The van der Waals surface area contributed by atoms with Crippen molar-refractivity contribution in [1.82, 2.24) is 5.32 Å². The minimum Gasteiger partial charge on any atom is -0.387 e. The van der Waals surface area contributed by atoms with E-state index in [0.717, 1.165) is 11.1 Å². The van der Waals surface area contributed by atoms with E-state index >= 15 is 0 Å². The van der Waals surface area contributed by atoms with E-state index in [0.29, 0.717) is 23.4 Å². The Kier molecular flexibility index (Phi) is 3.70. The molecule has 4 heteroatoms.